The Morgan fingerprint density at radius 1 is 0.339 bits per heavy atom. The Morgan fingerprint density at radius 3 is 0.843 bits per heavy atom. The molecule has 1 atom stereocenters. The topological polar surface area (TPSA) is 213 Å². The van der Waals surface area contributed by atoms with Crippen molar-refractivity contribution < 1.29 is 106 Å². The summed E-state index contributed by atoms with van der Waals surface area (Å²) >= 11 is 0. The van der Waals surface area contributed by atoms with E-state index in [-0.39, 0.29) is 158 Å². The summed E-state index contributed by atoms with van der Waals surface area (Å²) in [7, 11) is 0. The average molecular weight is 1950 g/mol. The van der Waals surface area contributed by atoms with Gasteiger partial charge in [-0.05, 0) is 323 Å². The molecule has 127 heavy (non-hydrogen) atoms. The molecule has 0 N–H and O–H groups in total. The standard InChI is InChI=1S/C36H44O8.C28H44O6.C24H39O3.C10H16.C2H4O.7CH4.B.Re/c1-4-35(37)43-22-40-27-9-6-25(7-10-27)18-26-8-16-31-32-17-15-30(20-34(32)24(3)33(31)19-26)42-21-39-28-11-13-29(14-12-28)41-23-44-36(38)5-2;1-3-27(29)33-19-31-25-13-9-23(10-14-25)17-21-5-7-22(8-6-21)18-24-11-15-26(16-12-24)32-20-34-28(30)4-2;1-2-24(25)27-18-26-23-14-12-22(13-15-23)17-21-10-8-20(9-11-21)16-19-6-4-3-5-7-19;1-7-2-9-4-8(1)5-10(3-7)6-9;1-2-3;;;;;;;;;/h4-5,8,15-17,19-20,24-25,27-29H,1-2,6-7,9-14,18,21-23H2,3H3;3-4,21-26H,1-2,5-20H2;2-3,19-23H,1,4-18H2;7-10H,1-6H2;2H,1H3;7*1H4;;/q;;-1;;;;;;;;;;;. The molecule has 0 aromatic heterocycles. The van der Waals surface area contributed by atoms with Gasteiger partial charge < -0.3 is 68.1 Å². The molecule has 0 heterocycles. The molecule has 15 rings (SSSR count). The van der Waals surface area contributed by atoms with Gasteiger partial charge in [-0.2, -0.15) is 12.8 Å². The number of hydrogen-bond donors (Lipinski definition) is 0. The predicted molar refractivity (Wildman–Crippen MR) is 512 cm³/mol. The molecule has 13 aliphatic rings. The molecular formula is C107H175BO18Re-. The fourth-order valence-electron chi connectivity index (χ4n) is 22.5. The number of fused-ring (bicyclic) bond motifs is 3. The molecular weight excluding hydrogens is 1770 g/mol. The molecule has 4 radical (unpaired) electrons. The van der Waals surface area contributed by atoms with Gasteiger partial charge in [0.25, 0.3) is 0 Å². The molecule has 12 fully saturated rings. The van der Waals surface area contributed by atoms with E-state index in [1.165, 1.54) is 218 Å². The monoisotopic (exact) mass is 1950 g/mol. The minimum atomic E-state index is -0.474. The van der Waals surface area contributed by atoms with Crippen LogP contribution in [0.1, 0.15) is 358 Å². The van der Waals surface area contributed by atoms with E-state index in [1.54, 1.807) is 38.5 Å². The van der Waals surface area contributed by atoms with Crippen molar-refractivity contribution in [2.24, 2.45) is 76.9 Å². The number of aldehydes is 1. The second-order valence-corrected chi connectivity index (χ2v) is 36.9. The third-order valence-corrected chi connectivity index (χ3v) is 28.7. The van der Waals surface area contributed by atoms with Crippen LogP contribution >= 0.6 is 0 Å². The van der Waals surface area contributed by atoms with Crippen molar-refractivity contribution in [3.05, 3.63) is 123 Å². The van der Waals surface area contributed by atoms with Gasteiger partial charge in [-0.15, -0.1) is 0 Å². The molecule has 0 saturated heterocycles. The van der Waals surface area contributed by atoms with Gasteiger partial charge >= 0.3 is 29.8 Å². The summed E-state index contributed by atoms with van der Waals surface area (Å²) < 4.78 is 65.1. The Labute approximate surface area is 787 Å². The Bertz CT molecular complexity index is 3260. The second kappa shape index (κ2) is 65.9. The summed E-state index contributed by atoms with van der Waals surface area (Å²) in [5.41, 5.74) is 6.64. The summed E-state index contributed by atoms with van der Waals surface area (Å²) in [4.78, 5) is 64.4. The van der Waals surface area contributed by atoms with E-state index >= 15 is 0 Å². The molecule has 4 bridgehead atoms. The van der Waals surface area contributed by atoms with Gasteiger partial charge in [-0.3, -0.25) is 0 Å². The van der Waals surface area contributed by atoms with Crippen molar-refractivity contribution in [3.8, 4) is 16.9 Å². The normalized spacial score (nSPS) is 28.5. The Balaban J connectivity index is 0.000000873. The number of rotatable bonds is 34. The minimum absolute atomic E-state index is 0. The molecule has 13 aliphatic carbocycles. The van der Waals surface area contributed by atoms with Crippen molar-refractivity contribution in [2.45, 2.75) is 384 Å². The Hall–Kier alpha value is -5.55. The van der Waals surface area contributed by atoms with Gasteiger partial charge in [0.15, 0.2) is 40.8 Å². The Kier molecular flexibility index (Phi) is 62.0. The number of carbonyl (C=O) groups excluding carboxylic acids is 6. The summed E-state index contributed by atoms with van der Waals surface area (Å²) in [6.07, 6.45) is 65.3. The smallest absolute Gasteiger partial charge is 0.332 e. The van der Waals surface area contributed by atoms with Gasteiger partial charge in [0, 0.05) is 65.1 Å². The maximum atomic E-state index is 11.2. The van der Waals surface area contributed by atoms with E-state index < -0.39 is 29.8 Å². The minimum Gasteiger partial charge on any atom is -0.468 e. The van der Waals surface area contributed by atoms with Crippen LogP contribution in [-0.4, -0.2) is 122 Å². The molecule has 20 heteroatoms. The number of carbonyl (C=O) groups is 6. The van der Waals surface area contributed by atoms with Crippen LogP contribution in [0.15, 0.2) is 99.7 Å². The Morgan fingerprint density at radius 2 is 0.567 bits per heavy atom. The first-order valence-corrected chi connectivity index (χ1v) is 46.3. The van der Waals surface area contributed by atoms with Crippen LogP contribution in [0.25, 0.3) is 11.1 Å². The van der Waals surface area contributed by atoms with Crippen molar-refractivity contribution in [2.75, 3.05) is 40.8 Å². The van der Waals surface area contributed by atoms with Gasteiger partial charge in [0.2, 0.25) is 0 Å². The van der Waals surface area contributed by atoms with E-state index in [1.807, 2.05) is 6.07 Å². The zero-order valence-electron chi connectivity index (χ0n) is 73.0. The molecule has 2 aromatic rings. The van der Waals surface area contributed by atoms with E-state index in [2.05, 4.69) is 76.6 Å². The average Bonchev–Trinajstić information content (AvgIpc) is 1.59. The van der Waals surface area contributed by atoms with Crippen LogP contribution in [0.3, 0.4) is 0 Å². The fourth-order valence-corrected chi connectivity index (χ4v) is 22.5. The number of esters is 5. The zero-order valence-corrected chi connectivity index (χ0v) is 75.8. The third-order valence-electron chi connectivity index (χ3n) is 28.7. The summed E-state index contributed by atoms with van der Waals surface area (Å²) in [5.74, 6) is 11.7. The van der Waals surface area contributed by atoms with E-state index in [0.29, 0.717) is 11.8 Å². The third kappa shape index (κ3) is 42.1. The van der Waals surface area contributed by atoms with Crippen LogP contribution in [-0.2, 0) is 108 Å². The molecule has 0 spiro atoms. The van der Waals surface area contributed by atoms with Crippen LogP contribution in [0, 0.1) is 83.4 Å². The quantitative estimate of drug-likeness (QED) is 0.0121. The predicted octanol–water partition coefficient (Wildman–Crippen LogP) is 26.4. The first-order valence-electron chi connectivity index (χ1n) is 46.3. The second-order valence-electron chi connectivity index (χ2n) is 36.9. The van der Waals surface area contributed by atoms with Crippen molar-refractivity contribution in [1.82, 2.24) is 0 Å². The van der Waals surface area contributed by atoms with Crippen LogP contribution in [0.5, 0.6) is 5.75 Å². The van der Waals surface area contributed by atoms with Gasteiger partial charge in [-0.25, -0.2) is 24.0 Å². The largest absolute Gasteiger partial charge is 0.468 e. The summed E-state index contributed by atoms with van der Waals surface area (Å²) in [5, 5.41) is 0. The fraction of sp³-hybridized carbons (Fsp3) is 0.729. The number of ether oxygens (including phenoxy) is 12. The maximum absolute atomic E-state index is 11.2. The van der Waals surface area contributed by atoms with Crippen LogP contribution < -0.4 is 4.74 Å². The molecule has 722 valence electrons. The van der Waals surface area contributed by atoms with Crippen molar-refractivity contribution in [1.29, 1.82) is 0 Å². The van der Waals surface area contributed by atoms with Gasteiger partial charge in [0.1, 0.15) is 12.0 Å². The van der Waals surface area contributed by atoms with E-state index in [9.17, 15) is 24.0 Å². The first-order chi connectivity index (χ1) is 57.5. The molecule has 12 saturated carbocycles. The summed E-state index contributed by atoms with van der Waals surface area (Å²) in [6, 6.07) is 13.3. The van der Waals surface area contributed by atoms with Crippen LogP contribution in [0.4, 0.5) is 0 Å². The van der Waals surface area contributed by atoms with Gasteiger partial charge in [-0.1, -0.05) is 180 Å². The molecule has 2 aromatic carbocycles. The molecule has 1 unspecified atom stereocenters. The number of benzene rings is 2. The molecule has 18 nitrogen and oxygen atoms in total. The molecule has 0 aliphatic heterocycles. The SMILES string of the molecule is C.C.C.C.C.C.C.C1C2CC3CC1CC(C2)C3.C=CC(=O)OCOC1CCC(CC2CCC(CC3CCC(OCOC(=O)C=C)CC3)CC2)CC1.C=CC(=O)OCOC1CCC(CC2CCC(CC3CC[CH-]CC3)CC2)CC1.C=CC(=O)OCOC1CCC(Cc2ccc3c(c2)C(C)c2cc(OCOC4CCC(OCOC(=O)C=C)CC4)ccc2-3)CC1.CC=O.[B].[Re]. The van der Waals surface area contributed by atoms with E-state index in [4.69, 9.17) is 61.6 Å². The maximum Gasteiger partial charge on any atom is 0.332 e. The van der Waals surface area contributed by atoms with Gasteiger partial charge in [0.05, 0.1) is 36.6 Å². The van der Waals surface area contributed by atoms with Crippen molar-refractivity contribution in [3.63, 3.8) is 0 Å². The van der Waals surface area contributed by atoms with E-state index in [0.717, 1.165) is 168 Å². The number of hydrogen-bond acceptors (Lipinski definition) is 18. The van der Waals surface area contributed by atoms with Crippen molar-refractivity contribution >= 4 is 44.5 Å². The first kappa shape index (κ1) is 119. The zero-order chi connectivity index (χ0) is 83.2. The summed E-state index contributed by atoms with van der Waals surface area (Å²) in [6.45, 7) is 21.0. The molecule has 0 amide bonds. The van der Waals surface area contributed by atoms with Crippen LogP contribution in [0.2, 0.25) is 0 Å².